The first-order valence-electron chi connectivity index (χ1n) is 21.2. The fourth-order valence-electron chi connectivity index (χ4n) is 7.36. The minimum atomic E-state index is -0.641. The molecule has 2 aliphatic heterocycles. The van der Waals surface area contributed by atoms with Gasteiger partial charge in [0.05, 0.1) is 36.9 Å². The van der Waals surface area contributed by atoms with E-state index in [4.69, 9.17) is 14.2 Å². The molecule has 5 unspecified atom stereocenters. The Balaban J connectivity index is 1.29. The van der Waals surface area contributed by atoms with E-state index in [-0.39, 0.29) is 11.9 Å². The molecule has 2 aliphatic rings. The Morgan fingerprint density at radius 2 is 0.854 bits per heavy atom. The van der Waals surface area contributed by atoms with Crippen molar-refractivity contribution in [3.63, 3.8) is 0 Å². The molecule has 6 nitrogen and oxygen atoms in total. The predicted molar refractivity (Wildman–Crippen MR) is 198 cm³/mol. The summed E-state index contributed by atoms with van der Waals surface area (Å²) in [5, 5.41) is 9.66. The molecule has 0 aromatic rings. The minimum Gasteiger partial charge on any atom is -0.481 e. The number of aliphatic carboxylic acids is 1. The molecule has 0 amide bonds. The zero-order valence-corrected chi connectivity index (χ0v) is 31.7. The van der Waals surface area contributed by atoms with E-state index in [9.17, 15) is 14.7 Å². The van der Waals surface area contributed by atoms with E-state index in [0.717, 1.165) is 64.2 Å². The van der Waals surface area contributed by atoms with Gasteiger partial charge in [0, 0.05) is 6.42 Å². The van der Waals surface area contributed by atoms with Crippen molar-refractivity contribution in [1.82, 2.24) is 0 Å². The van der Waals surface area contributed by atoms with Gasteiger partial charge in [0.25, 0.3) is 0 Å². The van der Waals surface area contributed by atoms with E-state index in [1.165, 1.54) is 135 Å². The van der Waals surface area contributed by atoms with E-state index in [1.807, 2.05) is 0 Å². The van der Waals surface area contributed by atoms with Crippen molar-refractivity contribution in [2.24, 2.45) is 5.92 Å². The molecular weight excluding hydrogens is 600 g/mol. The summed E-state index contributed by atoms with van der Waals surface area (Å²) in [7, 11) is 0. The molecule has 0 aliphatic carbocycles. The maximum absolute atomic E-state index is 12.1. The molecule has 48 heavy (non-hydrogen) atoms. The first kappa shape index (κ1) is 43.0. The van der Waals surface area contributed by atoms with Gasteiger partial charge in [-0.25, -0.2) is 0 Å². The van der Waals surface area contributed by atoms with Crippen LogP contribution >= 0.6 is 0 Å². The number of carbonyl (C=O) groups is 2. The van der Waals surface area contributed by atoms with E-state index in [0.29, 0.717) is 37.4 Å². The highest BCUT2D eigenvalue weighted by atomic mass is 16.6. The number of unbranched alkanes of at least 4 members (excludes halogenated alkanes) is 20. The normalized spacial score (nSPS) is 20.5. The minimum absolute atomic E-state index is 0.0671. The molecule has 282 valence electrons. The Hall–Kier alpha value is -1.14. The molecule has 1 N–H and O–H groups in total. The number of hydrogen-bond acceptors (Lipinski definition) is 5. The van der Waals surface area contributed by atoms with Gasteiger partial charge < -0.3 is 19.3 Å². The second-order valence-electron chi connectivity index (χ2n) is 15.3. The van der Waals surface area contributed by atoms with Gasteiger partial charge in [0.15, 0.2) is 0 Å². The van der Waals surface area contributed by atoms with Crippen molar-refractivity contribution in [2.45, 2.75) is 244 Å². The van der Waals surface area contributed by atoms with Crippen LogP contribution in [0.1, 0.15) is 219 Å². The first-order valence-corrected chi connectivity index (χ1v) is 21.2. The average molecular weight is 679 g/mol. The lowest BCUT2D eigenvalue weighted by Crippen LogP contribution is -2.13. The summed E-state index contributed by atoms with van der Waals surface area (Å²) in [6, 6.07) is 0. The van der Waals surface area contributed by atoms with Crippen molar-refractivity contribution in [1.29, 1.82) is 0 Å². The molecule has 5 atom stereocenters. The van der Waals surface area contributed by atoms with Crippen molar-refractivity contribution in [3.05, 3.63) is 0 Å². The zero-order valence-electron chi connectivity index (χ0n) is 31.7. The zero-order chi connectivity index (χ0) is 34.5. The molecule has 2 saturated heterocycles. The molecule has 0 aromatic carbocycles. The lowest BCUT2D eigenvalue weighted by molar-refractivity contribution is -0.144. The molecule has 2 heterocycles. The summed E-state index contributed by atoms with van der Waals surface area (Å²) >= 11 is 0. The van der Waals surface area contributed by atoms with Crippen LogP contribution in [0.25, 0.3) is 0 Å². The summed E-state index contributed by atoms with van der Waals surface area (Å²) in [5.74, 6) is -0.926. The standard InChI is InChI=1S/C42H78O6/c1-3-5-7-9-12-22-30-37-39(47-37)32-24-14-11-15-26-34-41(43)46-35-27-19-18-21-29-36(42(44)45)28-20-16-17-25-33-40-38(48-40)31-23-13-10-8-6-4-2/h36-40H,3-35H2,1-2H3,(H,44,45). The number of carboxylic acid groups (broad SMARTS) is 1. The second kappa shape index (κ2) is 29.6. The molecule has 0 saturated carbocycles. The summed E-state index contributed by atoms with van der Waals surface area (Å²) in [5.41, 5.74) is 0. The van der Waals surface area contributed by atoms with Gasteiger partial charge in [0.2, 0.25) is 0 Å². The molecule has 0 aromatic heterocycles. The number of carboxylic acids is 1. The van der Waals surface area contributed by atoms with Gasteiger partial charge in [-0.15, -0.1) is 0 Å². The second-order valence-corrected chi connectivity index (χ2v) is 15.3. The Labute approximate surface area is 296 Å². The summed E-state index contributed by atoms with van der Waals surface area (Å²) in [4.78, 5) is 23.8. The largest absolute Gasteiger partial charge is 0.481 e. The molecular formula is C42H78O6. The third kappa shape index (κ3) is 24.1. The fraction of sp³-hybridized carbons (Fsp3) is 0.952. The lowest BCUT2D eigenvalue weighted by atomic mass is 9.94. The van der Waals surface area contributed by atoms with Crippen LogP contribution in [0.2, 0.25) is 0 Å². The smallest absolute Gasteiger partial charge is 0.306 e. The highest BCUT2D eigenvalue weighted by Gasteiger charge is 2.37. The van der Waals surface area contributed by atoms with Crippen LogP contribution in [0.4, 0.5) is 0 Å². The topological polar surface area (TPSA) is 88.7 Å². The van der Waals surface area contributed by atoms with Crippen molar-refractivity contribution < 1.29 is 28.9 Å². The number of ether oxygens (including phenoxy) is 3. The quantitative estimate of drug-likeness (QED) is 0.0399. The summed E-state index contributed by atoms with van der Waals surface area (Å²) in [6.45, 7) is 5.03. The highest BCUT2D eigenvalue weighted by molar-refractivity contribution is 5.70. The third-order valence-electron chi connectivity index (χ3n) is 10.8. The number of esters is 1. The van der Waals surface area contributed by atoms with E-state index >= 15 is 0 Å². The van der Waals surface area contributed by atoms with Gasteiger partial charge in [-0.05, 0) is 51.4 Å². The van der Waals surface area contributed by atoms with Crippen LogP contribution in [-0.4, -0.2) is 48.1 Å². The molecule has 0 spiro atoms. The fourth-order valence-corrected chi connectivity index (χ4v) is 7.36. The maximum atomic E-state index is 12.1. The summed E-state index contributed by atoms with van der Waals surface area (Å²) < 4.78 is 17.1. The molecule has 2 fully saturated rings. The Morgan fingerprint density at radius 3 is 1.27 bits per heavy atom. The van der Waals surface area contributed by atoms with Gasteiger partial charge in [-0.1, -0.05) is 162 Å². The first-order chi connectivity index (χ1) is 23.5. The SMILES string of the molecule is CCCCCCCCC1OC1CCCCCCCC(=O)OCCCCCCC(CCCCCCC1OC1CCCCCCCC)C(=O)O. The number of rotatable bonds is 37. The Kier molecular flexibility index (Phi) is 26.5. The van der Waals surface area contributed by atoms with E-state index in [1.54, 1.807) is 0 Å². The molecule has 0 bridgehead atoms. The predicted octanol–water partition coefficient (Wildman–Crippen LogP) is 12.3. The molecule has 0 radical (unpaired) electrons. The van der Waals surface area contributed by atoms with E-state index < -0.39 is 5.97 Å². The van der Waals surface area contributed by atoms with Crippen molar-refractivity contribution in [2.75, 3.05) is 6.61 Å². The average Bonchev–Trinajstić information content (AvgIpc) is 4.01. The highest BCUT2D eigenvalue weighted by Crippen LogP contribution is 2.33. The third-order valence-corrected chi connectivity index (χ3v) is 10.8. The van der Waals surface area contributed by atoms with Crippen LogP contribution in [0.3, 0.4) is 0 Å². The van der Waals surface area contributed by atoms with Gasteiger partial charge in [-0.3, -0.25) is 9.59 Å². The van der Waals surface area contributed by atoms with Crippen LogP contribution in [0, 0.1) is 5.92 Å². The Bertz CT molecular complexity index is 771. The van der Waals surface area contributed by atoms with Crippen LogP contribution < -0.4 is 0 Å². The summed E-state index contributed by atoms with van der Waals surface area (Å²) in [6.07, 6.45) is 39.3. The van der Waals surface area contributed by atoms with Gasteiger partial charge in [0.1, 0.15) is 0 Å². The van der Waals surface area contributed by atoms with Crippen LogP contribution in [-0.2, 0) is 23.8 Å². The van der Waals surface area contributed by atoms with Crippen LogP contribution in [0.5, 0.6) is 0 Å². The van der Waals surface area contributed by atoms with E-state index in [2.05, 4.69) is 13.8 Å². The van der Waals surface area contributed by atoms with Gasteiger partial charge in [-0.2, -0.15) is 0 Å². The monoisotopic (exact) mass is 679 g/mol. The van der Waals surface area contributed by atoms with Crippen molar-refractivity contribution >= 4 is 11.9 Å². The number of carbonyl (C=O) groups excluding carboxylic acids is 1. The van der Waals surface area contributed by atoms with Gasteiger partial charge >= 0.3 is 11.9 Å². The lowest BCUT2D eigenvalue weighted by Gasteiger charge is -2.12. The van der Waals surface area contributed by atoms with Crippen molar-refractivity contribution in [3.8, 4) is 0 Å². The molecule has 2 rings (SSSR count). The van der Waals surface area contributed by atoms with Crippen LogP contribution in [0.15, 0.2) is 0 Å². The Morgan fingerprint density at radius 1 is 0.500 bits per heavy atom. The molecule has 6 heteroatoms. The number of epoxide rings is 2. The number of hydrogen-bond donors (Lipinski definition) is 1. The maximum Gasteiger partial charge on any atom is 0.306 e.